The Bertz CT molecular complexity index is 295. The molecule has 0 saturated carbocycles. The lowest BCUT2D eigenvalue weighted by Crippen LogP contribution is -2.09. The van der Waals surface area contributed by atoms with Crippen LogP contribution in [0.3, 0.4) is 0 Å². The molecule has 0 radical (unpaired) electrons. The lowest BCUT2D eigenvalue weighted by molar-refractivity contribution is 0.109. The minimum absolute atomic E-state index is 0.516. The molecule has 2 heterocycles. The largest absolute Gasteiger partial charge is 0.376 e. The van der Waals surface area contributed by atoms with Crippen molar-refractivity contribution < 1.29 is 4.74 Å². The Balaban J connectivity index is 2.46. The zero-order valence-electron chi connectivity index (χ0n) is 7.01. The molecule has 1 aliphatic rings. The average Bonchev–Trinajstić information content (AvgIpc) is 2.40. The first-order valence-electron chi connectivity index (χ1n) is 4.00. The Hall–Kier alpha value is -0.540. The number of aryl methyl sites for hydroxylation is 1. The zero-order chi connectivity index (χ0) is 8.55. The number of fused-ring (bicyclic) bond motifs is 1. The highest BCUT2D eigenvalue weighted by Crippen LogP contribution is 2.20. The lowest BCUT2D eigenvalue weighted by Gasteiger charge is -2.10. The summed E-state index contributed by atoms with van der Waals surface area (Å²) >= 11 is 5.79. The van der Waals surface area contributed by atoms with Crippen LogP contribution in [0.15, 0.2) is 0 Å². The maximum atomic E-state index is 5.79. The van der Waals surface area contributed by atoms with Crippen LogP contribution in [0.25, 0.3) is 0 Å². The van der Waals surface area contributed by atoms with E-state index in [0.29, 0.717) is 12.5 Å². The molecule has 0 aliphatic carbocycles. The van der Waals surface area contributed by atoms with Crippen molar-refractivity contribution in [3.8, 4) is 0 Å². The van der Waals surface area contributed by atoms with E-state index >= 15 is 0 Å². The van der Waals surface area contributed by atoms with E-state index in [4.69, 9.17) is 16.3 Å². The van der Waals surface area contributed by atoms with Gasteiger partial charge in [-0.3, -0.25) is 4.68 Å². The minimum Gasteiger partial charge on any atom is -0.376 e. The van der Waals surface area contributed by atoms with E-state index in [2.05, 4.69) is 5.10 Å². The van der Waals surface area contributed by atoms with E-state index < -0.39 is 0 Å². The third-order valence-corrected chi connectivity index (χ3v) is 2.47. The van der Waals surface area contributed by atoms with Crippen molar-refractivity contribution in [1.29, 1.82) is 0 Å². The van der Waals surface area contributed by atoms with Gasteiger partial charge in [-0.15, -0.1) is 11.6 Å². The second kappa shape index (κ2) is 3.07. The molecule has 0 unspecified atom stereocenters. The van der Waals surface area contributed by atoms with Gasteiger partial charge in [0, 0.05) is 19.0 Å². The Labute approximate surface area is 76.3 Å². The fourth-order valence-electron chi connectivity index (χ4n) is 1.54. The molecule has 3 nitrogen and oxygen atoms in total. The van der Waals surface area contributed by atoms with Crippen molar-refractivity contribution in [3.63, 3.8) is 0 Å². The fourth-order valence-corrected chi connectivity index (χ4v) is 1.88. The van der Waals surface area contributed by atoms with E-state index in [-0.39, 0.29) is 0 Å². The molecule has 12 heavy (non-hydrogen) atoms. The molecule has 1 aromatic heterocycles. The molecule has 1 aromatic rings. The molecule has 0 amide bonds. The number of hydrogen-bond donors (Lipinski definition) is 0. The highest BCUT2D eigenvalue weighted by atomic mass is 35.5. The zero-order valence-corrected chi connectivity index (χ0v) is 7.76. The van der Waals surface area contributed by atoms with Gasteiger partial charge in [-0.2, -0.15) is 5.10 Å². The van der Waals surface area contributed by atoms with Gasteiger partial charge >= 0.3 is 0 Å². The maximum absolute atomic E-state index is 5.79. The third-order valence-electron chi connectivity index (χ3n) is 2.21. The van der Waals surface area contributed by atoms with Gasteiger partial charge in [0.15, 0.2) is 0 Å². The van der Waals surface area contributed by atoms with E-state index in [9.17, 15) is 0 Å². The van der Waals surface area contributed by atoms with E-state index in [0.717, 1.165) is 24.4 Å². The van der Waals surface area contributed by atoms with Crippen LogP contribution in [-0.4, -0.2) is 16.4 Å². The topological polar surface area (TPSA) is 27.1 Å². The second-order valence-electron chi connectivity index (χ2n) is 2.93. The van der Waals surface area contributed by atoms with Gasteiger partial charge in [-0.05, 0) is 0 Å². The lowest BCUT2D eigenvalue weighted by atomic mass is 10.1. The van der Waals surface area contributed by atoms with Crippen molar-refractivity contribution >= 4 is 11.6 Å². The van der Waals surface area contributed by atoms with Crippen molar-refractivity contribution in [1.82, 2.24) is 9.78 Å². The van der Waals surface area contributed by atoms with Crippen molar-refractivity contribution in [2.24, 2.45) is 7.05 Å². The summed E-state index contributed by atoms with van der Waals surface area (Å²) < 4.78 is 7.19. The Morgan fingerprint density at radius 1 is 1.67 bits per heavy atom. The molecule has 4 heteroatoms. The van der Waals surface area contributed by atoms with Crippen molar-refractivity contribution in [3.05, 3.63) is 17.0 Å². The summed E-state index contributed by atoms with van der Waals surface area (Å²) in [5.74, 6) is 0.516. The molecule has 2 rings (SSSR count). The predicted molar refractivity (Wildman–Crippen MR) is 46.1 cm³/mol. The molecular weight excluding hydrogens is 176 g/mol. The summed E-state index contributed by atoms with van der Waals surface area (Å²) in [6, 6.07) is 0. The first kappa shape index (κ1) is 8.08. The highest BCUT2D eigenvalue weighted by molar-refractivity contribution is 6.17. The maximum Gasteiger partial charge on any atom is 0.0753 e. The van der Waals surface area contributed by atoms with Crippen LogP contribution in [0.5, 0.6) is 0 Å². The van der Waals surface area contributed by atoms with Crippen LogP contribution in [0.2, 0.25) is 0 Å². The van der Waals surface area contributed by atoms with Crippen LogP contribution in [-0.2, 0) is 30.7 Å². The summed E-state index contributed by atoms with van der Waals surface area (Å²) in [6.45, 7) is 1.46. The van der Waals surface area contributed by atoms with Crippen LogP contribution < -0.4 is 0 Å². The van der Waals surface area contributed by atoms with Gasteiger partial charge in [0.05, 0.1) is 30.5 Å². The van der Waals surface area contributed by atoms with Crippen molar-refractivity contribution in [2.45, 2.75) is 18.9 Å². The van der Waals surface area contributed by atoms with Crippen LogP contribution in [0.1, 0.15) is 17.0 Å². The summed E-state index contributed by atoms with van der Waals surface area (Å²) in [7, 11) is 1.93. The molecule has 0 fully saturated rings. The second-order valence-corrected chi connectivity index (χ2v) is 3.20. The number of halogens is 1. The molecule has 0 N–H and O–H groups in total. The first-order valence-corrected chi connectivity index (χ1v) is 4.53. The van der Waals surface area contributed by atoms with Gasteiger partial charge in [0.25, 0.3) is 0 Å². The van der Waals surface area contributed by atoms with Gasteiger partial charge in [0.2, 0.25) is 0 Å². The molecule has 0 atom stereocenters. The van der Waals surface area contributed by atoms with Gasteiger partial charge in [-0.1, -0.05) is 0 Å². The highest BCUT2D eigenvalue weighted by Gasteiger charge is 2.18. The summed E-state index contributed by atoms with van der Waals surface area (Å²) in [5, 5.41) is 4.37. The number of ether oxygens (including phenoxy) is 1. The fraction of sp³-hybridized carbons (Fsp3) is 0.625. The average molecular weight is 187 g/mol. The molecule has 0 aromatic carbocycles. The summed E-state index contributed by atoms with van der Waals surface area (Å²) in [4.78, 5) is 0. The molecule has 66 valence electrons. The Morgan fingerprint density at radius 2 is 2.50 bits per heavy atom. The van der Waals surface area contributed by atoms with Gasteiger partial charge in [-0.25, -0.2) is 0 Å². The normalized spacial score (nSPS) is 16.2. The molecule has 0 bridgehead atoms. The smallest absolute Gasteiger partial charge is 0.0753 e. The monoisotopic (exact) mass is 186 g/mol. The standard InChI is InChI=1S/C8H11ClN2O/c1-11-8(4-9)6-5-12-3-2-7(6)10-11/h2-5H2,1H3. The molecular formula is C8H11ClN2O. The summed E-state index contributed by atoms with van der Waals surface area (Å²) in [5.41, 5.74) is 3.43. The SMILES string of the molecule is Cn1nc2c(c1CCl)COCC2. The van der Waals surface area contributed by atoms with Crippen LogP contribution >= 0.6 is 11.6 Å². The molecule has 0 spiro atoms. The predicted octanol–water partition coefficient (Wildman–Crippen LogP) is 1.23. The van der Waals surface area contributed by atoms with Crippen molar-refractivity contribution in [2.75, 3.05) is 6.61 Å². The number of rotatable bonds is 1. The van der Waals surface area contributed by atoms with Gasteiger partial charge < -0.3 is 4.74 Å². The van der Waals surface area contributed by atoms with E-state index in [1.54, 1.807) is 0 Å². The van der Waals surface area contributed by atoms with E-state index in [1.165, 1.54) is 5.56 Å². The third kappa shape index (κ3) is 1.13. The van der Waals surface area contributed by atoms with Crippen LogP contribution in [0.4, 0.5) is 0 Å². The Kier molecular flexibility index (Phi) is 2.07. The summed E-state index contributed by atoms with van der Waals surface area (Å²) in [6.07, 6.45) is 0.917. The number of aromatic nitrogens is 2. The van der Waals surface area contributed by atoms with Crippen LogP contribution in [0, 0.1) is 0 Å². The number of hydrogen-bond acceptors (Lipinski definition) is 2. The minimum atomic E-state index is 0.516. The van der Waals surface area contributed by atoms with Gasteiger partial charge in [0.1, 0.15) is 0 Å². The number of alkyl halides is 1. The number of nitrogens with zero attached hydrogens (tertiary/aromatic N) is 2. The molecule has 0 saturated heterocycles. The first-order chi connectivity index (χ1) is 5.83. The van der Waals surface area contributed by atoms with E-state index in [1.807, 2.05) is 11.7 Å². The molecule has 1 aliphatic heterocycles. The Morgan fingerprint density at radius 3 is 3.25 bits per heavy atom. The quantitative estimate of drug-likeness (QED) is 0.617.